The Balaban J connectivity index is 2.20. The Labute approximate surface area is 124 Å². The van der Waals surface area contributed by atoms with Crippen molar-refractivity contribution in [3.63, 3.8) is 0 Å². The van der Waals surface area contributed by atoms with Crippen LogP contribution in [-0.4, -0.2) is 32.1 Å². The molecule has 0 spiro atoms. The van der Waals surface area contributed by atoms with Gasteiger partial charge in [0.05, 0.1) is 10.6 Å². The summed E-state index contributed by atoms with van der Waals surface area (Å²) in [6.07, 6.45) is 3.77. The number of alkyl halides is 1. The molecule has 1 aromatic rings. The Kier molecular flexibility index (Phi) is 4.90. The minimum atomic E-state index is -3.09. The zero-order valence-electron chi connectivity index (χ0n) is 11.2. The molecule has 0 heterocycles. The van der Waals surface area contributed by atoms with Crippen molar-refractivity contribution in [2.24, 2.45) is 0 Å². The zero-order chi connectivity index (χ0) is 13.9. The van der Waals surface area contributed by atoms with Gasteiger partial charge in [0.15, 0.2) is 9.84 Å². The molecule has 1 aliphatic rings. The number of nitrogens with zero attached hydrogens (tertiary/aromatic N) is 1. The molecule has 0 aliphatic heterocycles. The average molecular weight is 346 g/mol. The standard InChI is InChI=1S/C14H20BrNO2S/c1-2-19(17,18)14-8-6-13(7-9-14)16(11-10-15)12-4-3-5-12/h6-9,12H,2-5,10-11H2,1H3. The highest BCUT2D eigenvalue weighted by molar-refractivity contribution is 9.09. The van der Waals surface area contributed by atoms with E-state index in [1.54, 1.807) is 19.1 Å². The van der Waals surface area contributed by atoms with Crippen molar-refractivity contribution in [2.45, 2.75) is 37.1 Å². The quantitative estimate of drug-likeness (QED) is 0.742. The Bertz CT molecular complexity index is 509. The van der Waals surface area contributed by atoms with E-state index in [2.05, 4.69) is 20.8 Å². The fraction of sp³-hybridized carbons (Fsp3) is 0.571. The second-order valence-electron chi connectivity index (χ2n) is 4.86. The van der Waals surface area contributed by atoms with Crippen LogP contribution in [0.5, 0.6) is 0 Å². The molecule has 0 bridgehead atoms. The second kappa shape index (κ2) is 6.27. The van der Waals surface area contributed by atoms with Crippen molar-refractivity contribution < 1.29 is 8.42 Å². The summed E-state index contributed by atoms with van der Waals surface area (Å²) in [7, 11) is -3.09. The topological polar surface area (TPSA) is 37.4 Å². The normalized spacial score (nSPS) is 16.1. The highest BCUT2D eigenvalue weighted by atomic mass is 79.9. The Morgan fingerprint density at radius 2 is 1.89 bits per heavy atom. The minimum absolute atomic E-state index is 0.153. The first-order valence-corrected chi connectivity index (χ1v) is 9.51. The van der Waals surface area contributed by atoms with Gasteiger partial charge >= 0.3 is 0 Å². The molecule has 2 rings (SSSR count). The van der Waals surface area contributed by atoms with Crippen molar-refractivity contribution in [3.05, 3.63) is 24.3 Å². The molecule has 0 unspecified atom stereocenters. The van der Waals surface area contributed by atoms with E-state index in [-0.39, 0.29) is 5.75 Å². The number of sulfone groups is 1. The predicted molar refractivity (Wildman–Crippen MR) is 82.9 cm³/mol. The summed E-state index contributed by atoms with van der Waals surface area (Å²) in [5.41, 5.74) is 1.12. The minimum Gasteiger partial charge on any atom is -0.368 e. The van der Waals surface area contributed by atoms with E-state index < -0.39 is 9.84 Å². The van der Waals surface area contributed by atoms with Crippen LogP contribution in [0, 0.1) is 0 Å². The smallest absolute Gasteiger partial charge is 0.178 e. The maximum absolute atomic E-state index is 11.8. The van der Waals surface area contributed by atoms with Gasteiger partial charge in [-0.3, -0.25) is 0 Å². The third-order valence-corrected chi connectivity index (χ3v) is 5.85. The number of halogens is 1. The third-order valence-electron chi connectivity index (χ3n) is 3.75. The molecule has 1 aromatic carbocycles. The maximum atomic E-state index is 11.8. The molecule has 0 aromatic heterocycles. The molecule has 19 heavy (non-hydrogen) atoms. The van der Waals surface area contributed by atoms with E-state index in [9.17, 15) is 8.42 Å². The van der Waals surface area contributed by atoms with Gasteiger partial charge in [0.25, 0.3) is 0 Å². The average Bonchev–Trinajstić information content (AvgIpc) is 2.36. The van der Waals surface area contributed by atoms with E-state index in [0.717, 1.165) is 17.6 Å². The highest BCUT2D eigenvalue weighted by Crippen LogP contribution is 2.30. The van der Waals surface area contributed by atoms with Gasteiger partial charge in [-0.1, -0.05) is 22.9 Å². The van der Waals surface area contributed by atoms with Crippen molar-refractivity contribution >= 4 is 31.5 Å². The predicted octanol–water partition coefficient (Wildman–Crippen LogP) is 3.23. The molecule has 1 aliphatic carbocycles. The maximum Gasteiger partial charge on any atom is 0.178 e. The van der Waals surface area contributed by atoms with Crippen LogP contribution in [0.2, 0.25) is 0 Å². The Hall–Kier alpha value is -0.550. The monoisotopic (exact) mass is 345 g/mol. The molecular formula is C14H20BrNO2S. The summed E-state index contributed by atoms with van der Waals surface area (Å²) in [4.78, 5) is 2.80. The summed E-state index contributed by atoms with van der Waals surface area (Å²) in [5.74, 6) is 0.153. The van der Waals surface area contributed by atoms with Crippen LogP contribution < -0.4 is 4.90 Å². The van der Waals surface area contributed by atoms with Gasteiger partial charge in [-0.25, -0.2) is 8.42 Å². The van der Waals surface area contributed by atoms with Crippen molar-refractivity contribution in [2.75, 3.05) is 22.5 Å². The summed E-state index contributed by atoms with van der Waals surface area (Å²) in [6.45, 7) is 2.64. The van der Waals surface area contributed by atoms with Crippen LogP contribution >= 0.6 is 15.9 Å². The first kappa shape index (κ1) is 14.9. The number of rotatable bonds is 6. The fourth-order valence-electron chi connectivity index (χ4n) is 2.32. The number of anilines is 1. The van der Waals surface area contributed by atoms with Gasteiger partial charge in [0, 0.05) is 23.6 Å². The third kappa shape index (κ3) is 3.31. The summed E-state index contributed by atoms with van der Waals surface area (Å²) in [6, 6.07) is 7.95. The molecule has 1 saturated carbocycles. The molecule has 1 fully saturated rings. The van der Waals surface area contributed by atoms with E-state index in [0.29, 0.717) is 10.9 Å². The van der Waals surface area contributed by atoms with Gasteiger partial charge in [-0.2, -0.15) is 0 Å². The lowest BCUT2D eigenvalue weighted by Crippen LogP contribution is -2.41. The summed E-state index contributed by atoms with van der Waals surface area (Å²) < 4.78 is 23.6. The first-order chi connectivity index (χ1) is 9.08. The van der Waals surface area contributed by atoms with Crippen LogP contribution in [0.4, 0.5) is 5.69 Å². The molecule has 0 radical (unpaired) electrons. The highest BCUT2D eigenvalue weighted by Gasteiger charge is 2.24. The fourth-order valence-corrected chi connectivity index (χ4v) is 3.59. The number of hydrogen-bond acceptors (Lipinski definition) is 3. The molecule has 0 N–H and O–H groups in total. The molecule has 0 saturated heterocycles. The van der Waals surface area contributed by atoms with Gasteiger partial charge in [-0.15, -0.1) is 0 Å². The van der Waals surface area contributed by atoms with Crippen molar-refractivity contribution in [1.29, 1.82) is 0 Å². The van der Waals surface area contributed by atoms with Crippen molar-refractivity contribution in [1.82, 2.24) is 0 Å². The van der Waals surface area contributed by atoms with Gasteiger partial charge in [0.1, 0.15) is 0 Å². The van der Waals surface area contributed by atoms with E-state index in [1.807, 2.05) is 12.1 Å². The van der Waals surface area contributed by atoms with Crippen LogP contribution in [0.15, 0.2) is 29.2 Å². The van der Waals surface area contributed by atoms with E-state index in [1.165, 1.54) is 19.3 Å². The summed E-state index contributed by atoms with van der Waals surface area (Å²) >= 11 is 3.49. The second-order valence-corrected chi connectivity index (χ2v) is 7.94. The summed E-state index contributed by atoms with van der Waals surface area (Å²) in [5, 5.41) is 0.929. The lowest BCUT2D eigenvalue weighted by atomic mass is 9.91. The van der Waals surface area contributed by atoms with Crippen LogP contribution in [0.1, 0.15) is 26.2 Å². The number of benzene rings is 1. The van der Waals surface area contributed by atoms with Crippen LogP contribution in [0.25, 0.3) is 0 Å². The lowest BCUT2D eigenvalue weighted by Gasteiger charge is -2.39. The van der Waals surface area contributed by atoms with Gasteiger partial charge in [-0.05, 0) is 43.5 Å². The molecule has 3 nitrogen and oxygen atoms in total. The zero-order valence-corrected chi connectivity index (χ0v) is 13.6. The molecule has 0 amide bonds. The van der Waals surface area contributed by atoms with Crippen LogP contribution in [-0.2, 0) is 9.84 Å². The first-order valence-electron chi connectivity index (χ1n) is 6.74. The molecule has 5 heteroatoms. The van der Waals surface area contributed by atoms with Gasteiger partial charge < -0.3 is 4.90 Å². The molecule has 106 valence electrons. The lowest BCUT2D eigenvalue weighted by molar-refractivity contribution is 0.391. The van der Waals surface area contributed by atoms with E-state index in [4.69, 9.17) is 0 Å². The largest absolute Gasteiger partial charge is 0.368 e. The Morgan fingerprint density at radius 3 is 2.32 bits per heavy atom. The van der Waals surface area contributed by atoms with Gasteiger partial charge in [0.2, 0.25) is 0 Å². The Morgan fingerprint density at radius 1 is 1.26 bits per heavy atom. The molecule has 0 atom stereocenters. The molecular weight excluding hydrogens is 326 g/mol. The SMILES string of the molecule is CCS(=O)(=O)c1ccc(N(CCBr)C2CCC2)cc1. The number of hydrogen-bond donors (Lipinski definition) is 0. The van der Waals surface area contributed by atoms with Crippen LogP contribution in [0.3, 0.4) is 0 Å². The van der Waals surface area contributed by atoms with E-state index >= 15 is 0 Å². The van der Waals surface area contributed by atoms with Crippen molar-refractivity contribution in [3.8, 4) is 0 Å².